The first-order chi connectivity index (χ1) is 12.1. The van der Waals surface area contributed by atoms with Gasteiger partial charge in [-0.2, -0.15) is 0 Å². The van der Waals surface area contributed by atoms with Gasteiger partial charge in [-0.1, -0.05) is 0 Å². The number of rotatable bonds is 1. The molecule has 2 aromatic rings. The van der Waals surface area contributed by atoms with Crippen LogP contribution >= 0.6 is 11.6 Å². The monoisotopic (exact) mass is 380 g/mol. The fourth-order valence-corrected chi connectivity index (χ4v) is 2.97. The average Bonchev–Trinajstić information content (AvgIpc) is 2.86. The van der Waals surface area contributed by atoms with E-state index in [0.29, 0.717) is 23.4 Å². The van der Waals surface area contributed by atoms with Gasteiger partial charge >= 0.3 is 6.09 Å². The average molecular weight is 381 g/mol. The number of nitrogens with zero attached hydrogens (tertiary/aromatic N) is 4. The summed E-state index contributed by atoms with van der Waals surface area (Å²) in [6.45, 7) is 5.37. The molecule has 7 nitrogen and oxygen atoms in total. The lowest BCUT2D eigenvalue weighted by Gasteiger charge is -2.28. The Morgan fingerprint density at radius 1 is 1.38 bits per heavy atom. The molecule has 3 rings (SSSR count). The molecule has 0 unspecified atom stereocenters. The van der Waals surface area contributed by atoms with E-state index in [-0.39, 0.29) is 17.5 Å². The zero-order chi connectivity index (χ0) is 19.2. The maximum atomic E-state index is 14.1. The summed E-state index contributed by atoms with van der Waals surface area (Å²) in [6, 6.07) is 1.51. The van der Waals surface area contributed by atoms with Crippen LogP contribution in [0.1, 0.15) is 36.8 Å². The molecule has 0 fully saturated rings. The van der Waals surface area contributed by atoms with Crippen molar-refractivity contribution < 1.29 is 18.7 Å². The van der Waals surface area contributed by atoms with Crippen molar-refractivity contribution in [2.24, 2.45) is 7.05 Å². The molecule has 138 valence electrons. The van der Waals surface area contributed by atoms with Gasteiger partial charge in [0.1, 0.15) is 11.3 Å². The normalized spacial score (nSPS) is 14.4. The van der Waals surface area contributed by atoms with Crippen molar-refractivity contribution in [3.8, 4) is 11.4 Å². The second kappa shape index (κ2) is 6.35. The predicted molar refractivity (Wildman–Crippen MR) is 92.4 cm³/mol. The Bertz CT molecular complexity index is 904. The molecular weight excluding hydrogens is 363 g/mol. The number of ether oxygens (including phenoxy) is 1. The molecule has 1 aliphatic heterocycles. The largest absolute Gasteiger partial charge is 0.443 e. The van der Waals surface area contributed by atoms with E-state index in [1.165, 1.54) is 6.07 Å². The van der Waals surface area contributed by atoms with Crippen LogP contribution in [-0.2, 0) is 18.2 Å². The first-order valence-electron chi connectivity index (χ1n) is 8.00. The van der Waals surface area contributed by atoms with Gasteiger partial charge in [0.15, 0.2) is 5.82 Å². The van der Waals surface area contributed by atoms with Crippen LogP contribution in [0.2, 0.25) is 5.28 Å². The molecule has 0 bridgehead atoms. The zero-order valence-electron chi connectivity index (χ0n) is 14.8. The summed E-state index contributed by atoms with van der Waals surface area (Å²) >= 11 is 5.77. The SMILES string of the molecule is Cn1c(-c2nc(Cl)ncc2F)cc2c1CCN(C(=O)OC(C)(C)C)C2=O. The number of imide groups is 1. The Kier molecular flexibility index (Phi) is 4.47. The third-order valence-corrected chi connectivity index (χ3v) is 4.16. The van der Waals surface area contributed by atoms with Gasteiger partial charge in [0, 0.05) is 25.7 Å². The Morgan fingerprint density at radius 3 is 2.73 bits per heavy atom. The molecule has 0 radical (unpaired) electrons. The highest BCUT2D eigenvalue weighted by Crippen LogP contribution is 2.30. The first kappa shape index (κ1) is 18.3. The molecule has 0 N–H and O–H groups in total. The highest BCUT2D eigenvalue weighted by molar-refractivity contribution is 6.28. The van der Waals surface area contributed by atoms with Crippen molar-refractivity contribution in [2.75, 3.05) is 6.54 Å². The smallest absolute Gasteiger partial charge is 0.417 e. The quantitative estimate of drug-likeness (QED) is 0.710. The second-order valence-corrected chi connectivity index (χ2v) is 7.31. The van der Waals surface area contributed by atoms with E-state index >= 15 is 0 Å². The Hall–Kier alpha value is -2.48. The summed E-state index contributed by atoms with van der Waals surface area (Å²) in [5, 5.41) is -0.0951. The summed E-state index contributed by atoms with van der Waals surface area (Å²) in [4.78, 5) is 33.6. The van der Waals surface area contributed by atoms with Gasteiger partial charge in [0.2, 0.25) is 5.28 Å². The van der Waals surface area contributed by atoms with Crippen LogP contribution in [0, 0.1) is 5.82 Å². The molecule has 0 saturated heterocycles. The number of hydrogen-bond acceptors (Lipinski definition) is 5. The highest BCUT2D eigenvalue weighted by Gasteiger charge is 2.35. The van der Waals surface area contributed by atoms with E-state index in [9.17, 15) is 14.0 Å². The molecule has 26 heavy (non-hydrogen) atoms. The minimum atomic E-state index is -0.708. The number of aromatic nitrogens is 3. The third kappa shape index (κ3) is 3.29. The van der Waals surface area contributed by atoms with Crippen LogP contribution in [0.5, 0.6) is 0 Å². The Morgan fingerprint density at radius 2 is 2.08 bits per heavy atom. The zero-order valence-corrected chi connectivity index (χ0v) is 15.6. The molecule has 9 heteroatoms. The van der Waals surface area contributed by atoms with Crippen LogP contribution in [0.15, 0.2) is 12.3 Å². The lowest BCUT2D eigenvalue weighted by Crippen LogP contribution is -2.44. The van der Waals surface area contributed by atoms with Crippen molar-refractivity contribution in [1.29, 1.82) is 0 Å². The molecule has 0 atom stereocenters. The van der Waals surface area contributed by atoms with E-state index < -0.39 is 23.4 Å². The van der Waals surface area contributed by atoms with Gasteiger partial charge in [-0.05, 0) is 38.4 Å². The third-order valence-electron chi connectivity index (χ3n) is 3.98. The first-order valence-corrected chi connectivity index (χ1v) is 8.38. The number of carbonyl (C=O) groups excluding carboxylic acids is 2. The molecule has 3 heterocycles. The van der Waals surface area contributed by atoms with Gasteiger partial charge < -0.3 is 9.30 Å². The number of amides is 2. The summed E-state index contributed by atoms with van der Waals surface area (Å²) in [5.41, 5.74) is 0.683. The predicted octanol–water partition coefficient (Wildman–Crippen LogP) is 3.21. The Labute approximate surface area is 154 Å². The maximum Gasteiger partial charge on any atom is 0.417 e. The van der Waals surface area contributed by atoms with Crippen molar-refractivity contribution in [3.05, 3.63) is 34.6 Å². The van der Waals surface area contributed by atoms with Crippen LogP contribution in [-0.4, -0.2) is 43.6 Å². The van der Waals surface area contributed by atoms with Crippen LogP contribution in [0.3, 0.4) is 0 Å². The molecule has 0 aliphatic carbocycles. The molecule has 1 aliphatic rings. The number of halogens is 2. The van der Waals surface area contributed by atoms with Gasteiger partial charge in [0.25, 0.3) is 5.91 Å². The van der Waals surface area contributed by atoms with Crippen molar-refractivity contribution in [1.82, 2.24) is 19.4 Å². The van der Waals surface area contributed by atoms with E-state index in [2.05, 4.69) is 9.97 Å². The topological polar surface area (TPSA) is 77.3 Å². The fraction of sp³-hybridized carbons (Fsp3) is 0.412. The number of hydrogen-bond donors (Lipinski definition) is 0. The van der Waals surface area contributed by atoms with E-state index in [4.69, 9.17) is 16.3 Å². The van der Waals surface area contributed by atoms with Gasteiger partial charge in [-0.15, -0.1) is 0 Å². The van der Waals surface area contributed by atoms with Crippen LogP contribution in [0.25, 0.3) is 11.4 Å². The van der Waals surface area contributed by atoms with Gasteiger partial charge in [0.05, 0.1) is 17.5 Å². The molecule has 2 aromatic heterocycles. The standard InChI is InChI=1S/C17H18ClFN4O3/c1-17(2,3)26-16(25)23-6-5-11-9(14(23)24)7-12(22(11)4)13-10(19)8-20-15(18)21-13/h7-8H,5-6H2,1-4H3. The fourth-order valence-electron chi connectivity index (χ4n) is 2.84. The molecule has 0 spiro atoms. The summed E-state index contributed by atoms with van der Waals surface area (Å²) in [5.74, 6) is -1.13. The van der Waals surface area contributed by atoms with E-state index in [1.807, 2.05) is 0 Å². The van der Waals surface area contributed by atoms with E-state index in [1.54, 1.807) is 32.4 Å². The van der Waals surface area contributed by atoms with Gasteiger partial charge in [-0.3, -0.25) is 4.79 Å². The van der Waals surface area contributed by atoms with E-state index in [0.717, 1.165) is 11.1 Å². The van der Waals surface area contributed by atoms with Crippen LogP contribution in [0.4, 0.5) is 9.18 Å². The van der Waals surface area contributed by atoms with Crippen molar-refractivity contribution in [3.63, 3.8) is 0 Å². The minimum Gasteiger partial charge on any atom is -0.443 e. The highest BCUT2D eigenvalue weighted by atomic mass is 35.5. The summed E-state index contributed by atoms with van der Waals surface area (Å²) in [6.07, 6.45) is 0.706. The number of fused-ring (bicyclic) bond motifs is 1. The molecule has 2 amide bonds. The molecule has 0 aromatic carbocycles. The van der Waals surface area contributed by atoms with Gasteiger partial charge in [-0.25, -0.2) is 24.1 Å². The molecule has 0 saturated carbocycles. The van der Waals surface area contributed by atoms with Crippen molar-refractivity contribution in [2.45, 2.75) is 32.8 Å². The maximum absolute atomic E-state index is 14.1. The minimum absolute atomic E-state index is 0.00137. The van der Waals surface area contributed by atoms with Crippen LogP contribution < -0.4 is 0 Å². The molecular formula is C17H18ClFN4O3. The summed E-state index contributed by atoms with van der Waals surface area (Å²) < 4.78 is 21.1. The lowest BCUT2D eigenvalue weighted by atomic mass is 10.1. The Balaban J connectivity index is 1.99. The van der Waals surface area contributed by atoms with Crippen molar-refractivity contribution >= 4 is 23.6 Å². The summed E-state index contributed by atoms with van der Waals surface area (Å²) in [7, 11) is 1.71. The number of carbonyl (C=O) groups is 2. The lowest BCUT2D eigenvalue weighted by molar-refractivity contribution is 0.0232. The second-order valence-electron chi connectivity index (χ2n) is 6.97.